The zero-order chi connectivity index (χ0) is 20.2. The topological polar surface area (TPSA) is 35.5 Å². The van der Waals surface area contributed by atoms with E-state index in [4.69, 9.17) is 9.47 Å². The van der Waals surface area contributed by atoms with Crippen LogP contribution in [0.4, 0.5) is 0 Å². The molecule has 0 heterocycles. The highest BCUT2D eigenvalue weighted by atomic mass is 16.5. The molecular weight excluding hydrogens is 348 g/mol. The molecule has 0 radical (unpaired) electrons. The number of unbranched alkanes of at least 4 members (excludes halogenated alkanes) is 3. The molecule has 1 atom stereocenters. The van der Waals surface area contributed by atoms with E-state index in [0.717, 1.165) is 43.5 Å². The van der Waals surface area contributed by atoms with Gasteiger partial charge in [-0.3, -0.25) is 0 Å². The van der Waals surface area contributed by atoms with Gasteiger partial charge < -0.3 is 9.47 Å². The molecule has 1 fully saturated rings. The molecule has 0 spiro atoms. The number of benzene rings is 1. The monoisotopic (exact) mass is 388 g/mol. The van der Waals surface area contributed by atoms with Crippen LogP contribution in [0.5, 0.6) is 5.75 Å². The average Bonchev–Trinajstić information content (AvgIpc) is 2.70. The molecular formula is C25H40O3. The summed E-state index contributed by atoms with van der Waals surface area (Å²) in [4.78, 5) is 12.3. The summed E-state index contributed by atoms with van der Waals surface area (Å²) in [5.74, 6) is 2.41. The minimum absolute atomic E-state index is 0.0249. The molecule has 2 rings (SSSR count). The quantitative estimate of drug-likeness (QED) is 0.281. The largest absolute Gasteiger partial charge is 0.494 e. The van der Waals surface area contributed by atoms with Gasteiger partial charge in [-0.2, -0.15) is 0 Å². The van der Waals surface area contributed by atoms with E-state index < -0.39 is 0 Å². The molecule has 1 aliphatic carbocycles. The first-order valence-electron chi connectivity index (χ1n) is 11.5. The third-order valence-corrected chi connectivity index (χ3v) is 6.02. The fourth-order valence-corrected chi connectivity index (χ4v) is 4.04. The summed E-state index contributed by atoms with van der Waals surface area (Å²) in [6.45, 7) is 7.31. The van der Waals surface area contributed by atoms with E-state index in [2.05, 4.69) is 13.8 Å². The van der Waals surface area contributed by atoms with Gasteiger partial charge in [-0.1, -0.05) is 58.8 Å². The molecule has 0 saturated heterocycles. The molecule has 1 aromatic rings. The van der Waals surface area contributed by atoms with Gasteiger partial charge in [0.25, 0.3) is 0 Å². The van der Waals surface area contributed by atoms with Crippen molar-refractivity contribution < 1.29 is 14.3 Å². The van der Waals surface area contributed by atoms with E-state index in [1.807, 2.05) is 31.2 Å². The summed E-state index contributed by atoms with van der Waals surface area (Å²) in [7, 11) is 0. The number of ether oxygens (including phenoxy) is 2. The molecule has 0 bridgehead atoms. The number of carbonyl (C=O) groups is 1. The fraction of sp³-hybridized carbons (Fsp3) is 0.720. The summed E-state index contributed by atoms with van der Waals surface area (Å²) in [5, 5.41) is 0. The second kappa shape index (κ2) is 12.9. The molecule has 1 aromatic carbocycles. The molecule has 0 aliphatic heterocycles. The predicted molar refractivity (Wildman–Crippen MR) is 116 cm³/mol. The van der Waals surface area contributed by atoms with Crippen LogP contribution in [-0.2, 0) is 4.74 Å². The van der Waals surface area contributed by atoms with Crippen molar-refractivity contribution in [3.8, 4) is 5.75 Å². The van der Waals surface area contributed by atoms with Gasteiger partial charge in [0.05, 0.1) is 18.3 Å². The molecule has 158 valence electrons. The molecule has 0 N–H and O–H groups in total. The van der Waals surface area contributed by atoms with E-state index in [0.29, 0.717) is 5.56 Å². The Bertz CT molecular complexity index is 543. The van der Waals surface area contributed by atoms with Gasteiger partial charge in [-0.15, -0.1) is 0 Å². The van der Waals surface area contributed by atoms with Gasteiger partial charge in [0, 0.05) is 0 Å². The molecule has 3 heteroatoms. The van der Waals surface area contributed by atoms with Crippen LogP contribution in [0.15, 0.2) is 24.3 Å². The standard InChI is InChI=1S/C25H40O3/c1-4-5-6-7-9-21(3)28-25(26)23-15-17-24(18-16-23)27-19-8-10-22-13-11-20(2)12-14-22/h15-18,20-22H,4-14,19H2,1-3H3/t20?,21-,22?/m0/s1. The van der Waals surface area contributed by atoms with Crippen LogP contribution in [0.1, 0.15) is 102 Å². The molecule has 28 heavy (non-hydrogen) atoms. The summed E-state index contributed by atoms with van der Waals surface area (Å²) in [6, 6.07) is 7.38. The Kier molecular flexibility index (Phi) is 10.5. The highest BCUT2D eigenvalue weighted by molar-refractivity contribution is 5.89. The normalized spacial score (nSPS) is 20.5. The van der Waals surface area contributed by atoms with Crippen molar-refractivity contribution in [1.29, 1.82) is 0 Å². The maximum Gasteiger partial charge on any atom is 0.338 e. The van der Waals surface area contributed by atoms with Gasteiger partial charge in [0.1, 0.15) is 5.75 Å². The average molecular weight is 389 g/mol. The van der Waals surface area contributed by atoms with Crippen LogP contribution in [0.25, 0.3) is 0 Å². The fourth-order valence-electron chi connectivity index (χ4n) is 4.04. The van der Waals surface area contributed by atoms with Crippen molar-refractivity contribution in [1.82, 2.24) is 0 Å². The number of hydrogen-bond acceptors (Lipinski definition) is 3. The zero-order valence-electron chi connectivity index (χ0n) is 18.3. The molecule has 3 nitrogen and oxygen atoms in total. The van der Waals surface area contributed by atoms with Gasteiger partial charge >= 0.3 is 5.97 Å². The Hall–Kier alpha value is -1.51. The van der Waals surface area contributed by atoms with E-state index in [-0.39, 0.29) is 12.1 Å². The summed E-state index contributed by atoms with van der Waals surface area (Å²) < 4.78 is 11.4. The molecule has 0 aromatic heterocycles. The van der Waals surface area contributed by atoms with Crippen molar-refractivity contribution >= 4 is 5.97 Å². The number of hydrogen-bond donors (Lipinski definition) is 0. The van der Waals surface area contributed by atoms with Gasteiger partial charge in [0.15, 0.2) is 0 Å². The third-order valence-electron chi connectivity index (χ3n) is 6.02. The highest BCUT2D eigenvalue weighted by Gasteiger charge is 2.17. The lowest BCUT2D eigenvalue weighted by molar-refractivity contribution is 0.0319. The molecule has 1 saturated carbocycles. The Morgan fingerprint density at radius 3 is 2.43 bits per heavy atom. The third kappa shape index (κ3) is 8.67. The molecule has 0 amide bonds. The van der Waals surface area contributed by atoms with E-state index in [9.17, 15) is 4.79 Å². The van der Waals surface area contributed by atoms with E-state index in [1.165, 1.54) is 51.4 Å². The molecule has 1 aliphatic rings. The van der Waals surface area contributed by atoms with Crippen molar-refractivity contribution in [3.05, 3.63) is 29.8 Å². The summed E-state index contributed by atoms with van der Waals surface area (Å²) in [5.41, 5.74) is 0.601. The SMILES string of the molecule is CCCCCC[C@H](C)OC(=O)c1ccc(OCCCC2CCC(C)CC2)cc1. The van der Waals surface area contributed by atoms with Gasteiger partial charge in [0.2, 0.25) is 0 Å². The number of esters is 1. The predicted octanol–water partition coefficient (Wildman–Crippen LogP) is 7.19. The Labute approximate surface area is 172 Å². The van der Waals surface area contributed by atoms with E-state index >= 15 is 0 Å². The smallest absolute Gasteiger partial charge is 0.338 e. The number of carbonyl (C=O) groups excluding carboxylic acids is 1. The van der Waals surface area contributed by atoms with Crippen LogP contribution in [0, 0.1) is 11.8 Å². The summed E-state index contributed by atoms with van der Waals surface area (Å²) in [6.07, 6.45) is 13.6. The maximum atomic E-state index is 12.3. The maximum absolute atomic E-state index is 12.3. The van der Waals surface area contributed by atoms with Crippen LogP contribution in [0.3, 0.4) is 0 Å². The lowest BCUT2D eigenvalue weighted by Crippen LogP contribution is -2.15. The Morgan fingerprint density at radius 2 is 1.75 bits per heavy atom. The lowest BCUT2D eigenvalue weighted by Gasteiger charge is -2.25. The first-order valence-corrected chi connectivity index (χ1v) is 11.5. The minimum atomic E-state index is -0.235. The highest BCUT2D eigenvalue weighted by Crippen LogP contribution is 2.31. The summed E-state index contributed by atoms with van der Waals surface area (Å²) >= 11 is 0. The van der Waals surface area contributed by atoms with Gasteiger partial charge in [-0.25, -0.2) is 4.79 Å². The Balaban J connectivity index is 1.63. The lowest BCUT2D eigenvalue weighted by atomic mass is 9.81. The van der Waals surface area contributed by atoms with Gasteiger partial charge in [-0.05, 0) is 68.7 Å². The van der Waals surface area contributed by atoms with Crippen molar-refractivity contribution in [2.45, 2.75) is 97.5 Å². The second-order valence-corrected chi connectivity index (χ2v) is 8.71. The zero-order valence-corrected chi connectivity index (χ0v) is 18.3. The van der Waals surface area contributed by atoms with Crippen LogP contribution in [-0.4, -0.2) is 18.7 Å². The van der Waals surface area contributed by atoms with Crippen molar-refractivity contribution in [2.24, 2.45) is 11.8 Å². The second-order valence-electron chi connectivity index (χ2n) is 8.71. The minimum Gasteiger partial charge on any atom is -0.494 e. The number of rotatable bonds is 12. The van der Waals surface area contributed by atoms with Crippen molar-refractivity contribution in [2.75, 3.05) is 6.61 Å². The Morgan fingerprint density at radius 1 is 1.04 bits per heavy atom. The van der Waals surface area contributed by atoms with E-state index in [1.54, 1.807) is 0 Å². The van der Waals surface area contributed by atoms with Crippen LogP contribution < -0.4 is 4.74 Å². The first-order chi connectivity index (χ1) is 13.6. The first kappa shape index (κ1) is 22.8. The van der Waals surface area contributed by atoms with Crippen molar-refractivity contribution in [3.63, 3.8) is 0 Å². The van der Waals surface area contributed by atoms with Crippen LogP contribution in [0.2, 0.25) is 0 Å². The van der Waals surface area contributed by atoms with Crippen LogP contribution >= 0.6 is 0 Å². The molecule has 0 unspecified atom stereocenters.